The zero-order chi connectivity index (χ0) is 17.9. The van der Waals surface area contributed by atoms with Crippen LogP contribution < -0.4 is 10.2 Å². The standard InChI is InChI=1S/C20H20FN3OS/c21-16-8-9-17-18(11-16)26-20(23-17)24-10-4-7-15(13-24)19(25)22-12-14-5-2-1-3-6-14/h1-3,5-6,8-9,11,15H,4,7,10,12-13H2,(H,22,25). The van der Waals surface area contributed by atoms with E-state index in [-0.39, 0.29) is 17.6 Å². The number of amides is 1. The van der Waals surface area contributed by atoms with Crippen molar-refractivity contribution in [3.05, 3.63) is 59.9 Å². The van der Waals surface area contributed by atoms with Crippen LogP contribution in [0.4, 0.5) is 9.52 Å². The van der Waals surface area contributed by atoms with Gasteiger partial charge in [-0.15, -0.1) is 0 Å². The molecule has 0 aliphatic carbocycles. The molecule has 1 aliphatic rings. The summed E-state index contributed by atoms with van der Waals surface area (Å²) in [4.78, 5) is 19.3. The molecule has 0 radical (unpaired) electrons. The third kappa shape index (κ3) is 3.70. The fourth-order valence-corrected chi connectivity index (χ4v) is 4.34. The second-order valence-corrected chi connectivity index (χ2v) is 7.61. The van der Waals surface area contributed by atoms with Crippen LogP contribution in [0, 0.1) is 11.7 Å². The molecule has 1 fully saturated rings. The third-order valence-corrected chi connectivity index (χ3v) is 5.79. The number of piperidine rings is 1. The second-order valence-electron chi connectivity index (χ2n) is 6.60. The monoisotopic (exact) mass is 369 g/mol. The molecule has 4 rings (SSSR count). The van der Waals surface area contributed by atoms with Crippen LogP contribution in [0.25, 0.3) is 10.2 Å². The van der Waals surface area contributed by atoms with Gasteiger partial charge in [-0.1, -0.05) is 41.7 Å². The predicted octanol–water partition coefficient (Wildman–Crippen LogP) is 3.97. The quantitative estimate of drug-likeness (QED) is 0.757. The summed E-state index contributed by atoms with van der Waals surface area (Å²) < 4.78 is 14.2. The van der Waals surface area contributed by atoms with Crippen molar-refractivity contribution in [3.63, 3.8) is 0 Å². The molecule has 1 aromatic heterocycles. The molecule has 26 heavy (non-hydrogen) atoms. The highest BCUT2D eigenvalue weighted by Crippen LogP contribution is 2.32. The number of halogens is 1. The number of nitrogens with zero attached hydrogens (tertiary/aromatic N) is 2. The maximum atomic E-state index is 13.4. The van der Waals surface area contributed by atoms with Gasteiger partial charge in [-0.05, 0) is 36.6 Å². The number of hydrogen-bond acceptors (Lipinski definition) is 4. The summed E-state index contributed by atoms with van der Waals surface area (Å²) in [5.74, 6) is -0.202. The molecule has 4 nitrogen and oxygen atoms in total. The van der Waals surface area contributed by atoms with Crippen molar-refractivity contribution in [3.8, 4) is 0 Å². The summed E-state index contributed by atoms with van der Waals surface area (Å²) in [5.41, 5.74) is 1.91. The summed E-state index contributed by atoms with van der Waals surface area (Å²) in [7, 11) is 0. The Hall–Kier alpha value is -2.47. The summed E-state index contributed by atoms with van der Waals surface area (Å²) in [6, 6.07) is 14.6. The lowest BCUT2D eigenvalue weighted by Crippen LogP contribution is -2.42. The Labute approximate surface area is 155 Å². The molecule has 0 bridgehead atoms. The van der Waals surface area contributed by atoms with Gasteiger partial charge in [0.2, 0.25) is 5.91 Å². The average Bonchev–Trinajstić information content (AvgIpc) is 3.10. The first-order chi connectivity index (χ1) is 12.7. The Balaban J connectivity index is 1.42. The van der Waals surface area contributed by atoms with Crippen LogP contribution in [0.2, 0.25) is 0 Å². The number of aromatic nitrogens is 1. The van der Waals surface area contributed by atoms with Gasteiger partial charge in [0.1, 0.15) is 5.82 Å². The summed E-state index contributed by atoms with van der Waals surface area (Å²) in [5, 5.41) is 3.91. The van der Waals surface area contributed by atoms with Crippen LogP contribution in [0.3, 0.4) is 0 Å². The van der Waals surface area contributed by atoms with Crippen molar-refractivity contribution in [1.29, 1.82) is 0 Å². The minimum Gasteiger partial charge on any atom is -0.352 e. The fraction of sp³-hybridized carbons (Fsp3) is 0.300. The van der Waals surface area contributed by atoms with Gasteiger partial charge in [0.05, 0.1) is 16.1 Å². The highest BCUT2D eigenvalue weighted by molar-refractivity contribution is 7.22. The van der Waals surface area contributed by atoms with Gasteiger partial charge in [-0.25, -0.2) is 9.37 Å². The second kappa shape index (κ2) is 7.41. The van der Waals surface area contributed by atoms with Crippen molar-refractivity contribution in [1.82, 2.24) is 10.3 Å². The van der Waals surface area contributed by atoms with Gasteiger partial charge >= 0.3 is 0 Å². The topological polar surface area (TPSA) is 45.2 Å². The maximum absolute atomic E-state index is 13.4. The lowest BCUT2D eigenvalue weighted by atomic mass is 9.97. The first kappa shape index (κ1) is 17.0. The molecule has 0 saturated carbocycles. The van der Waals surface area contributed by atoms with E-state index in [4.69, 9.17) is 0 Å². The Morgan fingerprint density at radius 2 is 2.12 bits per heavy atom. The minimum atomic E-state index is -0.246. The third-order valence-electron chi connectivity index (χ3n) is 4.71. The molecular formula is C20H20FN3OS. The number of thiazole rings is 1. The van der Waals surface area contributed by atoms with Gasteiger partial charge in [0, 0.05) is 19.6 Å². The number of benzene rings is 2. The summed E-state index contributed by atoms with van der Waals surface area (Å²) in [6.07, 6.45) is 1.84. The normalized spacial score (nSPS) is 17.4. The molecule has 134 valence electrons. The molecule has 6 heteroatoms. The maximum Gasteiger partial charge on any atom is 0.225 e. The van der Waals surface area contributed by atoms with E-state index >= 15 is 0 Å². The van der Waals surface area contributed by atoms with Crippen molar-refractivity contribution < 1.29 is 9.18 Å². The zero-order valence-corrected chi connectivity index (χ0v) is 15.1. The molecule has 2 aromatic carbocycles. The molecule has 1 amide bonds. The Morgan fingerprint density at radius 1 is 1.27 bits per heavy atom. The fourth-order valence-electron chi connectivity index (χ4n) is 3.32. The molecule has 3 aromatic rings. The van der Waals surface area contributed by atoms with Crippen LogP contribution in [0.5, 0.6) is 0 Å². The van der Waals surface area contributed by atoms with Crippen LogP contribution in [-0.2, 0) is 11.3 Å². The number of nitrogens with one attached hydrogen (secondary N) is 1. The van der Waals surface area contributed by atoms with Gasteiger partial charge < -0.3 is 10.2 Å². The molecule has 1 atom stereocenters. The van der Waals surface area contributed by atoms with Crippen molar-refractivity contribution in [2.24, 2.45) is 5.92 Å². The van der Waals surface area contributed by atoms with E-state index in [1.54, 1.807) is 6.07 Å². The first-order valence-electron chi connectivity index (χ1n) is 8.82. The van der Waals surface area contributed by atoms with Crippen LogP contribution in [0.1, 0.15) is 18.4 Å². The van der Waals surface area contributed by atoms with Gasteiger partial charge in [-0.2, -0.15) is 0 Å². The average molecular weight is 369 g/mol. The molecular weight excluding hydrogens is 349 g/mol. The van der Waals surface area contributed by atoms with Crippen LogP contribution >= 0.6 is 11.3 Å². The number of carbonyl (C=O) groups excluding carboxylic acids is 1. The smallest absolute Gasteiger partial charge is 0.225 e. The SMILES string of the molecule is O=C(NCc1ccccc1)C1CCCN(c2nc3ccc(F)cc3s2)C1. The van der Waals surface area contributed by atoms with Gasteiger partial charge in [0.15, 0.2) is 5.13 Å². The van der Waals surface area contributed by atoms with E-state index < -0.39 is 0 Å². The molecule has 2 heterocycles. The van der Waals surface area contributed by atoms with E-state index in [2.05, 4.69) is 15.2 Å². The molecule has 1 saturated heterocycles. The first-order valence-corrected chi connectivity index (χ1v) is 9.63. The summed E-state index contributed by atoms with van der Waals surface area (Å²) in [6.45, 7) is 2.09. The van der Waals surface area contributed by atoms with E-state index in [9.17, 15) is 9.18 Å². The van der Waals surface area contributed by atoms with E-state index in [1.165, 1.54) is 23.5 Å². The molecule has 0 spiro atoms. The van der Waals surface area contributed by atoms with E-state index in [0.29, 0.717) is 13.1 Å². The predicted molar refractivity (Wildman–Crippen MR) is 103 cm³/mol. The number of hydrogen-bond donors (Lipinski definition) is 1. The highest BCUT2D eigenvalue weighted by Gasteiger charge is 2.27. The Morgan fingerprint density at radius 3 is 2.96 bits per heavy atom. The molecule has 1 N–H and O–H groups in total. The lowest BCUT2D eigenvalue weighted by Gasteiger charge is -2.31. The van der Waals surface area contributed by atoms with E-state index in [1.807, 2.05) is 30.3 Å². The van der Waals surface area contributed by atoms with Crippen molar-refractivity contribution >= 4 is 32.6 Å². The van der Waals surface area contributed by atoms with Crippen LogP contribution in [0.15, 0.2) is 48.5 Å². The summed E-state index contributed by atoms with van der Waals surface area (Å²) >= 11 is 1.49. The number of rotatable bonds is 4. The van der Waals surface area contributed by atoms with Gasteiger partial charge in [0.25, 0.3) is 0 Å². The van der Waals surface area contributed by atoms with Gasteiger partial charge in [-0.3, -0.25) is 4.79 Å². The molecule has 1 aliphatic heterocycles. The van der Waals surface area contributed by atoms with Crippen LogP contribution in [-0.4, -0.2) is 24.0 Å². The largest absolute Gasteiger partial charge is 0.352 e. The van der Waals surface area contributed by atoms with E-state index in [0.717, 1.165) is 40.3 Å². The number of carbonyl (C=O) groups is 1. The lowest BCUT2D eigenvalue weighted by molar-refractivity contribution is -0.125. The number of fused-ring (bicyclic) bond motifs is 1. The Kier molecular flexibility index (Phi) is 4.84. The molecule has 1 unspecified atom stereocenters. The minimum absolute atomic E-state index is 0.0452. The Bertz CT molecular complexity index is 912. The highest BCUT2D eigenvalue weighted by atomic mass is 32.1. The zero-order valence-electron chi connectivity index (χ0n) is 14.3. The van der Waals surface area contributed by atoms with Crippen molar-refractivity contribution in [2.75, 3.05) is 18.0 Å². The van der Waals surface area contributed by atoms with Crippen molar-refractivity contribution in [2.45, 2.75) is 19.4 Å². The number of anilines is 1.